The van der Waals surface area contributed by atoms with Crippen LogP contribution in [-0.2, 0) is 0 Å². The van der Waals surface area contributed by atoms with Crippen LogP contribution < -0.4 is 0 Å². The summed E-state index contributed by atoms with van der Waals surface area (Å²) in [7, 11) is 0. The summed E-state index contributed by atoms with van der Waals surface area (Å²) in [6, 6.07) is 0. The number of hydrogen-bond donors (Lipinski definition) is 2. The molecule has 8 heavy (non-hydrogen) atoms. The van der Waals surface area contributed by atoms with Gasteiger partial charge in [0, 0.05) is 0 Å². The van der Waals surface area contributed by atoms with Gasteiger partial charge in [0.15, 0.2) is 0 Å². The van der Waals surface area contributed by atoms with Gasteiger partial charge in [-0.25, -0.2) is 0 Å². The van der Waals surface area contributed by atoms with Crippen molar-refractivity contribution in [2.24, 2.45) is 0 Å². The maximum atomic E-state index is 6.88. The summed E-state index contributed by atoms with van der Waals surface area (Å²) < 4.78 is 0. The SMILES string of the molecule is Br.Cl.N#CO.N#CO. The normalized spacial score (nSPS) is 1.75. The van der Waals surface area contributed by atoms with Gasteiger partial charge in [-0.05, 0) is 0 Å². The number of nitrogens with zero attached hydrogens (tertiary/aromatic N) is 2. The Hall–Kier alpha value is -0.650. The zero-order chi connectivity index (χ0) is 5.41. The fourth-order valence-electron chi connectivity index (χ4n) is 0. The van der Waals surface area contributed by atoms with E-state index in [9.17, 15) is 0 Å². The van der Waals surface area contributed by atoms with Crippen LogP contribution >= 0.6 is 29.4 Å². The number of rotatable bonds is 0. The summed E-state index contributed by atoms with van der Waals surface area (Å²) in [5, 5.41) is 27.5. The van der Waals surface area contributed by atoms with Crippen molar-refractivity contribution in [3.63, 3.8) is 0 Å². The van der Waals surface area contributed by atoms with Crippen molar-refractivity contribution in [2.45, 2.75) is 0 Å². The Balaban J connectivity index is -0.0000000160. The Morgan fingerprint density at radius 3 is 1.00 bits per heavy atom. The Morgan fingerprint density at radius 1 is 1.00 bits per heavy atom. The summed E-state index contributed by atoms with van der Waals surface area (Å²) in [6.45, 7) is 0. The molecule has 0 radical (unpaired) electrons. The molecule has 0 aliphatic rings. The van der Waals surface area contributed by atoms with E-state index >= 15 is 0 Å². The quantitative estimate of drug-likeness (QED) is 0.567. The first-order valence-electron chi connectivity index (χ1n) is 0.894. The van der Waals surface area contributed by atoms with Gasteiger partial charge in [0.2, 0.25) is 0 Å². The van der Waals surface area contributed by atoms with Gasteiger partial charge < -0.3 is 10.2 Å². The molecule has 4 nitrogen and oxygen atoms in total. The van der Waals surface area contributed by atoms with Crippen LogP contribution in [0.2, 0.25) is 0 Å². The third kappa shape index (κ3) is 240. The average molecular weight is 203 g/mol. The van der Waals surface area contributed by atoms with Crippen molar-refractivity contribution in [2.75, 3.05) is 0 Å². The van der Waals surface area contributed by atoms with Crippen LogP contribution in [0.3, 0.4) is 0 Å². The van der Waals surface area contributed by atoms with Gasteiger partial charge in [-0.15, -0.1) is 29.4 Å². The van der Waals surface area contributed by atoms with Crippen molar-refractivity contribution in [3.05, 3.63) is 0 Å². The van der Waals surface area contributed by atoms with Crippen LogP contribution in [0.15, 0.2) is 0 Å². The second kappa shape index (κ2) is 99.7. The minimum Gasteiger partial charge on any atom is -0.443 e. The highest BCUT2D eigenvalue weighted by Crippen LogP contribution is 1.06. The van der Waals surface area contributed by atoms with E-state index in [1.807, 2.05) is 0 Å². The lowest BCUT2D eigenvalue weighted by atomic mass is 11.6. The summed E-state index contributed by atoms with van der Waals surface area (Å²) in [5.74, 6) is 0. The number of halogens is 2. The van der Waals surface area contributed by atoms with Crippen molar-refractivity contribution < 1.29 is 10.2 Å². The first-order chi connectivity index (χ1) is 2.83. The third-order valence-electron chi connectivity index (χ3n) is 0. The molecule has 0 heterocycles. The highest BCUT2D eigenvalue weighted by atomic mass is 79.9. The summed E-state index contributed by atoms with van der Waals surface area (Å²) in [5.41, 5.74) is 0. The zero-order valence-electron chi connectivity index (χ0n) is 3.61. The van der Waals surface area contributed by atoms with Gasteiger partial charge in [-0.2, -0.15) is 10.5 Å². The maximum absolute atomic E-state index is 6.88. The minimum atomic E-state index is 0. The van der Waals surface area contributed by atoms with Crippen LogP contribution in [0.25, 0.3) is 0 Å². The molecule has 0 saturated carbocycles. The molecule has 0 spiro atoms. The predicted octanol–water partition coefficient (Wildman–Crippen LogP) is 0.680. The van der Waals surface area contributed by atoms with Crippen LogP contribution in [0.4, 0.5) is 0 Å². The van der Waals surface area contributed by atoms with Crippen LogP contribution in [0.5, 0.6) is 0 Å². The van der Waals surface area contributed by atoms with Crippen LogP contribution in [0.1, 0.15) is 0 Å². The van der Waals surface area contributed by atoms with E-state index in [1.54, 1.807) is 0 Å². The van der Waals surface area contributed by atoms with E-state index in [2.05, 4.69) is 0 Å². The lowest BCUT2D eigenvalue weighted by molar-refractivity contribution is 0.502. The summed E-state index contributed by atoms with van der Waals surface area (Å²) in [4.78, 5) is 0. The second-order valence-electron chi connectivity index (χ2n) is 0.200. The molecule has 0 amide bonds. The molecule has 0 saturated heterocycles. The fourth-order valence-corrected chi connectivity index (χ4v) is 0. The van der Waals surface area contributed by atoms with Crippen LogP contribution in [0, 0.1) is 23.0 Å². The molecule has 0 atom stereocenters. The smallest absolute Gasteiger partial charge is 0.283 e. The molecule has 0 aromatic rings. The average Bonchev–Trinajstić information content (AvgIpc) is 1.39. The molecule has 0 rings (SSSR count). The van der Waals surface area contributed by atoms with Gasteiger partial charge in [0.1, 0.15) is 0 Å². The Labute approximate surface area is 63.1 Å². The first-order valence-corrected chi connectivity index (χ1v) is 0.894. The highest BCUT2D eigenvalue weighted by Gasteiger charge is 1.16. The van der Waals surface area contributed by atoms with Gasteiger partial charge in [-0.3, -0.25) is 0 Å². The fraction of sp³-hybridized carbons (Fsp3) is 0. The largest absolute Gasteiger partial charge is 0.443 e. The van der Waals surface area contributed by atoms with Gasteiger partial charge >= 0.3 is 0 Å². The van der Waals surface area contributed by atoms with E-state index in [-0.39, 0.29) is 29.4 Å². The Bertz CT molecular complexity index is 73.0. The summed E-state index contributed by atoms with van der Waals surface area (Å²) in [6.07, 6.45) is 1.50. The number of nitriles is 2. The Morgan fingerprint density at radius 2 is 1.00 bits per heavy atom. The molecule has 48 valence electrons. The standard InChI is InChI=1S/2CHNO.BrH.ClH/c2*2-1-3;;/h2*3H;2*1H. The van der Waals surface area contributed by atoms with E-state index < -0.39 is 0 Å². The lowest BCUT2D eigenvalue weighted by Gasteiger charge is -1.25. The van der Waals surface area contributed by atoms with Crippen molar-refractivity contribution >= 4 is 29.4 Å². The van der Waals surface area contributed by atoms with Gasteiger partial charge in [0.05, 0.1) is 0 Å². The number of aliphatic hydroxyl groups is 2. The first kappa shape index (κ1) is 26.4. The molecule has 0 bridgehead atoms. The van der Waals surface area contributed by atoms with Crippen LogP contribution in [-0.4, -0.2) is 10.2 Å². The molecule has 0 aromatic heterocycles. The van der Waals surface area contributed by atoms with E-state index in [4.69, 9.17) is 20.7 Å². The topological polar surface area (TPSA) is 88.0 Å². The Kier molecular flexibility index (Phi) is 329. The van der Waals surface area contributed by atoms with Crippen molar-refractivity contribution in [3.8, 4) is 12.5 Å². The molecule has 0 fully saturated rings. The van der Waals surface area contributed by atoms with E-state index in [1.165, 1.54) is 0 Å². The molecule has 6 heteroatoms. The van der Waals surface area contributed by atoms with E-state index in [0.29, 0.717) is 0 Å². The molecule has 0 aliphatic carbocycles. The molecular formula is C2H4BrClN2O2. The molecule has 2 N–H and O–H groups in total. The summed E-state index contributed by atoms with van der Waals surface area (Å²) >= 11 is 0. The number of aliphatic hydroxyl groups excluding tert-OH is 2. The second-order valence-corrected chi connectivity index (χ2v) is 0.200. The van der Waals surface area contributed by atoms with Gasteiger partial charge in [-0.1, -0.05) is 0 Å². The highest BCUT2D eigenvalue weighted by molar-refractivity contribution is 8.93. The number of hydrogen-bond acceptors (Lipinski definition) is 4. The predicted molar refractivity (Wildman–Crippen MR) is 32.7 cm³/mol. The molecule has 0 unspecified atom stereocenters. The molecular weight excluding hydrogens is 199 g/mol. The minimum absolute atomic E-state index is 0. The zero-order valence-corrected chi connectivity index (χ0v) is 6.13. The van der Waals surface area contributed by atoms with Gasteiger partial charge in [0.25, 0.3) is 12.5 Å². The third-order valence-corrected chi connectivity index (χ3v) is 0. The molecule has 0 aliphatic heterocycles. The molecule has 0 aromatic carbocycles. The monoisotopic (exact) mass is 202 g/mol. The van der Waals surface area contributed by atoms with Crippen molar-refractivity contribution in [1.29, 1.82) is 10.5 Å². The van der Waals surface area contributed by atoms with E-state index in [0.717, 1.165) is 12.5 Å². The van der Waals surface area contributed by atoms with Crippen molar-refractivity contribution in [1.82, 2.24) is 0 Å². The maximum Gasteiger partial charge on any atom is 0.283 e. The lowest BCUT2D eigenvalue weighted by Crippen LogP contribution is -1.27.